The Morgan fingerprint density at radius 1 is 1.19 bits per heavy atom. The lowest BCUT2D eigenvalue weighted by atomic mass is 10.1. The summed E-state index contributed by atoms with van der Waals surface area (Å²) in [5.41, 5.74) is 0.806. The quantitative estimate of drug-likeness (QED) is 0.891. The zero-order chi connectivity index (χ0) is 14.8. The van der Waals surface area contributed by atoms with Gasteiger partial charge in [-0.25, -0.2) is 0 Å². The fourth-order valence-corrected chi connectivity index (χ4v) is 3.01. The Labute approximate surface area is 128 Å². The molecule has 0 saturated carbocycles. The average molecular weight is 308 g/mol. The Balaban J connectivity index is 1.69. The SMILES string of the molecule is O=C(C1CC(=O)N(c2ccc(Cl)cc2)C1)N1CCNCC1. The first-order valence-corrected chi connectivity index (χ1v) is 7.58. The number of carbonyl (C=O) groups is 2. The van der Waals surface area contributed by atoms with Gasteiger partial charge in [0.1, 0.15) is 0 Å². The Bertz CT molecular complexity index is 540. The van der Waals surface area contributed by atoms with Crippen LogP contribution in [-0.4, -0.2) is 49.4 Å². The number of benzene rings is 1. The predicted molar refractivity (Wildman–Crippen MR) is 81.4 cm³/mol. The van der Waals surface area contributed by atoms with E-state index in [1.165, 1.54) is 0 Å². The summed E-state index contributed by atoms with van der Waals surface area (Å²) in [6, 6.07) is 7.15. The van der Waals surface area contributed by atoms with Crippen LogP contribution >= 0.6 is 11.6 Å². The van der Waals surface area contributed by atoms with Gasteiger partial charge in [-0.2, -0.15) is 0 Å². The topological polar surface area (TPSA) is 52.7 Å². The molecule has 2 aliphatic heterocycles. The second kappa shape index (κ2) is 6.03. The van der Waals surface area contributed by atoms with Crippen LogP contribution in [0.5, 0.6) is 0 Å². The molecule has 112 valence electrons. The van der Waals surface area contributed by atoms with Gasteiger partial charge in [0.15, 0.2) is 0 Å². The summed E-state index contributed by atoms with van der Waals surface area (Å²) in [7, 11) is 0. The Kier molecular flexibility index (Phi) is 4.12. The van der Waals surface area contributed by atoms with Gasteiger partial charge in [-0.1, -0.05) is 11.6 Å². The van der Waals surface area contributed by atoms with Crippen LogP contribution in [0.25, 0.3) is 0 Å². The molecule has 1 unspecified atom stereocenters. The van der Waals surface area contributed by atoms with Crippen molar-refractivity contribution in [2.75, 3.05) is 37.6 Å². The van der Waals surface area contributed by atoms with E-state index < -0.39 is 0 Å². The minimum atomic E-state index is -0.230. The van der Waals surface area contributed by atoms with Crippen molar-refractivity contribution < 1.29 is 9.59 Å². The lowest BCUT2D eigenvalue weighted by Gasteiger charge is -2.29. The van der Waals surface area contributed by atoms with E-state index in [1.54, 1.807) is 17.0 Å². The van der Waals surface area contributed by atoms with Crippen LogP contribution in [0.3, 0.4) is 0 Å². The maximum Gasteiger partial charge on any atom is 0.228 e. The van der Waals surface area contributed by atoms with Crippen molar-refractivity contribution in [1.29, 1.82) is 0 Å². The summed E-state index contributed by atoms with van der Waals surface area (Å²) in [5, 5.41) is 3.86. The Morgan fingerprint density at radius 3 is 2.52 bits per heavy atom. The molecule has 0 spiro atoms. The number of hydrogen-bond acceptors (Lipinski definition) is 3. The van der Waals surface area contributed by atoms with Crippen LogP contribution in [0.2, 0.25) is 5.02 Å². The van der Waals surface area contributed by atoms with Crippen LogP contribution in [-0.2, 0) is 9.59 Å². The maximum absolute atomic E-state index is 12.5. The van der Waals surface area contributed by atoms with E-state index in [4.69, 9.17) is 11.6 Å². The van der Waals surface area contributed by atoms with E-state index in [0.717, 1.165) is 31.9 Å². The summed E-state index contributed by atoms with van der Waals surface area (Å²) in [6.07, 6.45) is 0.297. The molecule has 0 bridgehead atoms. The summed E-state index contributed by atoms with van der Waals surface area (Å²) >= 11 is 5.87. The molecule has 1 aromatic rings. The second-order valence-corrected chi connectivity index (χ2v) is 5.89. The highest BCUT2D eigenvalue weighted by Gasteiger charge is 2.37. The van der Waals surface area contributed by atoms with Crippen molar-refractivity contribution in [2.24, 2.45) is 5.92 Å². The van der Waals surface area contributed by atoms with Crippen LogP contribution < -0.4 is 10.2 Å². The van der Waals surface area contributed by atoms with Crippen LogP contribution in [0.15, 0.2) is 24.3 Å². The van der Waals surface area contributed by atoms with Crippen molar-refractivity contribution in [2.45, 2.75) is 6.42 Å². The number of piperazine rings is 1. The number of rotatable bonds is 2. The van der Waals surface area contributed by atoms with Crippen molar-refractivity contribution in [3.05, 3.63) is 29.3 Å². The molecule has 2 fully saturated rings. The predicted octanol–water partition coefficient (Wildman–Crippen LogP) is 1.12. The third-order valence-corrected chi connectivity index (χ3v) is 4.29. The summed E-state index contributed by atoms with van der Waals surface area (Å²) < 4.78 is 0. The van der Waals surface area contributed by atoms with E-state index in [2.05, 4.69) is 5.32 Å². The standard InChI is InChI=1S/C15H18ClN3O2/c16-12-1-3-13(4-2-12)19-10-11(9-14(19)20)15(21)18-7-5-17-6-8-18/h1-4,11,17H,5-10H2. The first-order valence-electron chi connectivity index (χ1n) is 7.20. The van der Waals surface area contributed by atoms with Gasteiger partial charge in [-0.3, -0.25) is 9.59 Å². The number of halogens is 1. The van der Waals surface area contributed by atoms with Gasteiger partial charge in [0.2, 0.25) is 11.8 Å². The van der Waals surface area contributed by atoms with E-state index in [0.29, 0.717) is 18.0 Å². The molecule has 2 heterocycles. The van der Waals surface area contributed by atoms with Crippen molar-refractivity contribution in [1.82, 2.24) is 10.2 Å². The molecule has 1 atom stereocenters. The van der Waals surface area contributed by atoms with Gasteiger partial charge >= 0.3 is 0 Å². The molecule has 0 radical (unpaired) electrons. The number of anilines is 1. The first-order chi connectivity index (χ1) is 10.1. The van der Waals surface area contributed by atoms with E-state index in [1.807, 2.05) is 17.0 Å². The molecular formula is C15H18ClN3O2. The van der Waals surface area contributed by atoms with E-state index in [-0.39, 0.29) is 17.7 Å². The van der Waals surface area contributed by atoms with Gasteiger partial charge in [0.05, 0.1) is 5.92 Å². The third kappa shape index (κ3) is 3.04. The minimum Gasteiger partial charge on any atom is -0.340 e. The second-order valence-electron chi connectivity index (χ2n) is 5.46. The summed E-state index contributed by atoms with van der Waals surface area (Å²) in [6.45, 7) is 3.57. The highest BCUT2D eigenvalue weighted by atomic mass is 35.5. The molecule has 0 aromatic heterocycles. The van der Waals surface area contributed by atoms with Gasteiger partial charge in [-0.15, -0.1) is 0 Å². The molecule has 1 aromatic carbocycles. The minimum absolute atomic E-state index is 0.00538. The molecule has 6 heteroatoms. The summed E-state index contributed by atoms with van der Waals surface area (Å²) in [5.74, 6) is -0.126. The van der Waals surface area contributed by atoms with Crippen molar-refractivity contribution in [3.63, 3.8) is 0 Å². The molecule has 5 nitrogen and oxygen atoms in total. The molecule has 0 aliphatic carbocycles. The first kappa shape index (κ1) is 14.4. The van der Waals surface area contributed by atoms with Gasteiger partial charge < -0.3 is 15.1 Å². The highest BCUT2D eigenvalue weighted by Crippen LogP contribution is 2.27. The Morgan fingerprint density at radius 2 is 1.86 bits per heavy atom. The molecule has 2 amide bonds. The smallest absolute Gasteiger partial charge is 0.228 e. The number of carbonyl (C=O) groups excluding carboxylic acids is 2. The lowest BCUT2D eigenvalue weighted by molar-refractivity contribution is -0.136. The van der Waals surface area contributed by atoms with E-state index in [9.17, 15) is 9.59 Å². The van der Waals surface area contributed by atoms with Crippen LogP contribution in [0.4, 0.5) is 5.69 Å². The number of amides is 2. The van der Waals surface area contributed by atoms with Crippen molar-refractivity contribution in [3.8, 4) is 0 Å². The normalized spacial score (nSPS) is 22.7. The zero-order valence-corrected chi connectivity index (χ0v) is 12.5. The lowest BCUT2D eigenvalue weighted by Crippen LogP contribution is -2.48. The van der Waals surface area contributed by atoms with Crippen LogP contribution in [0.1, 0.15) is 6.42 Å². The summed E-state index contributed by atoms with van der Waals surface area (Å²) in [4.78, 5) is 28.2. The molecule has 3 rings (SSSR count). The average Bonchev–Trinajstić information content (AvgIpc) is 2.90. The number of nitrogens with zero attached hydrogens (tertiary/aromatic N) is 2. The fourth-order valence-electron chi connectivity index (χ4n) is 2.89. The molecule has 2 aliphatic rings. The van der Waals surface area contributed by atoms with E-state index >= 15 is 0 Å². The third-order valence-electron chi connectivity index (χ3n) is 4.04. The number of hydrogen-bond donors (Lipinski definition) is 1. The monoisotopic (exact) mass is 307 g/mol. The molecular weight excluding hydrogens is 290 g/mol. The molecule has 1 N–H and O–H groups in total. The Hall–Kier alpha value is -1.59. The van der Waals surface area contributed by atoms with Crippen LogP contribution in [0, 0.1) is 5.92 Å². The largest absolute Gasteiger partial charge is 0.340 e. The fraction of sp³-hybridized carbons (Fsp3) is 0.467. The zero-order valence-electron chi connectivity index (χ0n) is 11.7. The number of nitrogens with one attached hydrogen (secondary N) is 1. The highest BCUT2D eigenvalue weighted by molar-refractivity contribution is 6.30. The van der Waals surface area contributed by atoms with Gasteiger partial charge in [-0.05, 0) is 24.3 Å². The maximum atomic E-state index is 12.5. The molecule has 21 heavy (non-hydrogen) atoms. The van der Waals surface area contributed by atoms with Gasteiger partial charge in [0.25, 0.3) is 0 Å². The van der Waals surface area contributed by atoms with Crippen molar-refractivity contribution >= 4 is 29.1 Å². The van der Waals surface area contributed by atoms with Gasteiger partial charge in [0, 0.05) is 49.9 Å². The molecule has 2 saturated heterocycles.